The number of amides is 1. The highest BCUT2D eigenvalue weighted by Crippen LogP contribution is 2.51. The molecule has 1 unspecified atom stereocenters. The van der Waals surface area contributed by atoms with Gasteiger partial charge in [0, 0.05) is 19.0 Å². The lowest BCUT2D eigenvalue weighted by molar-refractivity contribution is -0.192. The van der Waals surface area contributed by atoms with Crippen molar-refractivity contribution in [3.05, 3.63) is 51.5 Å². The number of piperidine rings is 1. The number of likely N-dealkylation sites (N-methyl/N-ethyl adjacent to an activating group) is 1. The van der Waals surface area contributed by atoms with E-state index in [4.69, 9.17) is 9.90 Å². The van der Waals surface area contributed by atoms with Gasteiger partial charge >= 0.3 is 12.1 Å². The Morgan fingerprint density at radius 2 is 1.91 bits per heavy atom. The Labute approximate surface area is 188 Å². The molecule has 1 aromatic carbocycles. The number of alkyl halides is 3. The van der Waals surface area contributed by atoms with Crippen molar-refractivity contribution in [2.24, 2.45) is 0 Å². The standard InChI is InChI=1S/C20H25N3OS.C2HF3O2/c1-14-22-15(13-25-14)12-23-9-7-20(8-10-23)11-17(19(24)21-2)16-5-3-4-6-18(16)20;3-2(4,5)1(6)7/h3-6,13,17H,7-12H2,1-2H3,(H,21,24);(H,6,7). The van der Waals surface area contributed by atoms with E-state index in [1.54, 1.807) is 18.4 Å². The first-order chi connectivity index (χ1) is 15.1. The first kappa shape index (κ1) is 24.2. The summed E-state index contributed by atoms with van der Waals surface area (Å²) in [6.07, 6.45) is -1.88. The summed E-state index contributed by atoms with van der Waals surface area (Å²) in [6, 6.07) is 8.58. The Hall–Kier alpha value is -2.46. The van der Waals surface area contributed by atoms with Crippen LogP contribution >= 0.6 is 11.3 Å². The monoisotopic (exact) mass is 469 g/mol. The number of likely N-dealkylation sites (tertiary alicyclic amines) is 1. The van der Waals surface area contributed by atoms with Crippen LogP contribution in [0.15, 0.2) is 29.6 Å². The van der Waals surface area contributed by atoms with Crippen LogP contribution in [0.3, 0.4) is 0 Å². The van der Waals surface area contributed by atoms with Crippen molar-refractivity contribution in [2.75, 3.05) is 20.1 Å². The molecule has 0 saturated carbocycles. The highest BCUT2D eigenvalue weighted by molar-refractivity contribution is 7.09. The fourth-order valence-electron chi connectivity index (χ4n) is 4.63. The molecular formula is C22H26F3N3O3S. The van der Waals surface area contributed by atoms with Crippen molar-refractivity contribution in [1.82, 2.24) is 15.2 Å². The van der Waals surface area contributed by atoms with Crippen molar-refractivity contribution < 1.29 is 27.9 Å². The van der Waals surface area contributed by atoms with Gasteiger partial charge in [-0.05, 0) is 55.8 Å². The summed E-state index contributed by atoms with van der Waals surface area (Å²) in [7, 11) is 1.74. The van der Waals surface area contributed by atoms with E-state index in [1.807, 2.05) is 0 Å². The van der Waals surface area contributed by atoms with Gasteiger partial charge in [-0.25, -0.2) is 9.78 Å². The molecule has 1 amide bonds. The molecule has 6 nitrogen and oxygen atoms in total. The van der Waals surface area contributed by atoms with Gasteiger partial charge in [0.1, 0.15) is 0 Å². The average molecular weight is 470 g/mol. The number of nitrogens with one attached hydrogen (secondary N) is 1. The van der Waals surface area contributed by atoms with Gasteiger partial charge in [-0.15, -0.1) is 11.3 Å². The number of carboxylic acids is 1. The first-order valence-electron chi connectivity index (χ1n) is 10.3. The smallest absolute Gasteiger partial charge is 0.475 e. The van der Waals surface area contributed by atoms with Gasteiger partial charge in [0.25, 0.3) is 0 Å². The van der Waals surface area contributed by atoms with Crippen LogP contribution in [0, 0.1) is 6.92 Å². The van der Waals surface area contributed by atoms with Crippen molar-refractivity contribution in [2.45, 2.75) is 50.2 Å². The van der Waals surface area contributed by atoms with Gasteiger partial charge in [-0.3, -0.25) is 9.69 Å². The Morgan fingerprint density at radius 3 is 2.44 bits per heavy atom. The summed E-state index contributed by atoms with van der Waals surface area (Å²) >= 11 is 1.73. The number of benzene rings is 1. The second-order valence-electron chi connectivity index (χ2n) is 8.18. The van der Waals surface area contributed by atoms with Crippen LogP contribution in [0.25, 0.3) is 0 Å². The van der Waals surface area contributed by atoms with Crippen LogP contribution in [-0.4, -0.2) is 53.2 Å². The van der Waals surface area contributed by atoms with Gasteiger partial charge in [0.05, 0.1) is 16.6 Å². The summed E-state index contributed by atoms with van der Waals surface area (Å²) < 4.78 is 31.7. The van der Waals surface area contributed by atoms with Crippen molar-refractivity contribution in [1.29, 1.82) is 0 Å². The van der Waals surface area contributed by atoms with E-state index in [2.05, 4.69) is 51.8 Å². The van der Waals surface area contributed by atoms with Crippen molar-refractivity contribution >= 4 is 23.2 Å². The molecular weight excluding hydrogens is 443 g/mol. The van der Waals surface area contributed by atoms with E-state index in [9.17, 15) is 18.0 Å². The highest BCUT2D eigenvalue weighted by atomic mass is 32.1. The second kappa shape index (κ2) is 9.58. The van der Waals surface area contributed by atoms with Gasteiger partial charge in [0.2, 0.25) is 5.91 Å². The fraction of sp³-hybridized carbons (Fsp3) is 0.500. The Kier molecular flexibility index (Phi) is 7.24. The maximum absolute atomic E-state index is 12.4. The summed E-state index contributed by atoms with van der Waals surface area (Å²) in [5, 5.41) is 13.3. The molecule has 4 rings (SSSR count). The Morgan fingerprint density at radius 1 is 1.28 bits per heavy atom. The van der Waals surface area contributed by atoms with Gasteiger partial charge in [-0.2, -0.15) is 13.2 Å². The molecule has 1 spiro atoms. The topological polar surface area (TPSA) is 82.5 Å². The number of aliphatic carboxylic acids is 1. The molecule has 1 aliphatic carbocycles. The largest absolute Gasteiger partial charge is 0.490 e. The number of aryl methyl sites for hydroxylation is 1. The molecule has 1 fully saturated rings. The third kappa shape index (κ3) is 5.29. The number of thiazole rings is 1. The predicted octanol–water partition coefficient (Wildman–Crippen LogP) is 3.85. The van der Waals surface area contributed by atoms with Crippen LogP contribution in [0.2, 0.25) is 0 Å². The molecule has 32 heavy (non-hydrogen) atoms. The third-order valence-corrected chi connectivity index (χ3v) is 7.00. The summed E-state index contributed by atoms with van der Waals surface area (Å²) in [5.74, 6) is -2.59. The molecule has 0 radical (unpaired) electrons. The molecule has 1 atom stereocenters. The lowest BCUT2D eigenvalue weighted by atomic mass is 9.73. The maximum atomic E-state index is 12.4. The quantitative estimate of drug-likeness (QED) is 0.714. The summed E-state index contributed by atoms with van der Waals surface area (Å²) in [5.41, 5.74) is 4.01. The van der Waals surface area contributed by atoms with E-state index >= 15 is 0 Å². The predicted molar refractivity (Wildman–Crippen MR) is 115 cm³/mol. The zero-order chi connectivity index (χ0) is 23.5. The number of rotatable bonds is 3. The molecule has 1 aliphatic heterocycles. The maximum Gasteiger partial charge on any atom is 0.490 e. The Balaban J connectivity index is 0.000000360. The number of hydrogen-bond acceptors (Lipinski definition) is 5. The molecule has 2 heterocycles. The van der Waals surface area contributed by atoms with Gasteiger partial charge < -0.3 is 10.4 Å². The number of carbonyl (C=O) groups excluding carboxylic acids is 1. The molecule has 10 heteroatoms. The van der Waals surface area contributed by atoms with Crippen molar-refractivity contribution in [3.8, 4) is 0 Å². The number of nitrogens with zero attached hydrogens (tertiary/aromatic N) is 2. The van der Waals surface area contributed by atoms with E-state index in [1.165, 1.54) is 16.8 Å². The van der Waals surface area contributed by atoms with Gasteiger partial charge in [0.15, 0.2) is 0 Å². The van der Waals surface area contributed by atoms with Crippen LogP contribution in [0.5, 0.6) is 0 Å². The lowest BCUT2D eigenvalue weighted by Crippen LogP contribution is -2.41. The lowest BCUT2D eigenvalue weighted by Gasteiger charge is -2.40. The minimum absolute atomic E-state index is 0.00828. The minimum atomic E-state index is -5.08. The zero-order valence-corrected chi connectivity index (χ0v) is 18.7. The Bertz CT molecular complexity index is 969. The molecule has 1 saturated heterocycles. The highest BCUT2D eigenvalue weighted by Gasteiger charge is 2.47. The zero-order valence-electron chi connectivity index (χ0n) is 17.9. The molecule has 1 aromatic heterocycles. The molecule has 174 valence electrons. The van der Waals surface area contributed by atoms with Gasteiger partial charge in [-0.1, -0.05) is 24.3 Å². The summed E-state index contributed by atoms with van der Waals surface area (Å²) in [4.78, 5) is 28.4. The molecule has 2 aliphatic rings. The first-order valence-corrected chi connectivity index (χ1v) is 11.2. The van der Waals surface area contributed by atoms with E-state index in [0.29, 0.717) is 0 Å². The van der Waals surface area contributed by atoms with Crippen LogP contribution in [0.1, 0.15) is 47.0 Å². The number of halogens is 3. The second-order valence-corrected chi connectivity index (χ2v) is 9.24. The molecule has 2 N–H and O–H groups in total. The van der Waals surface area contributed by atoms with E-state index in [0.717, 1.165) is 43.9 Å². The SMILES string of the molecule is CNC(=O)C1CC2(CCN(Cc3csc(C)n3)CC2)c2ccccc21.O=C(O)C(F)(F)F. The number of carbonyl (C=O) groups is 2. The fourth-order valence-corrected chi connectivity index (χ4v) is 5.23. The average Bonchev–Trinajstić information content (AvgIpc) is 3.30. The van der Waals surface area contributed by atoms with Crippen LogP contribution in [0.4, 0.5) is 13.2 Å². The summed E-state index contributed by atoms with van der Waals surface area (Å²) in [6.45, 7) is 5.16. The number of hydrogen-bond donors (Lipinski definition) is 2. The number of carboxylic acid groups (broad SMARTS) is 1. The minimum Gasteiger partial charge on any atom is -0.475 e. The normalized spacial score (nSPS) is 19.7. The third-order valence-electron chi connectivity index (χ3n) is 6.17. The van der Waals surface area contributed by atoms with Crippen LogP contribution < -0.4 is 5.32 Å². The van der Waals surface area contributed by atoms with E-state index in [-0.39, 0.29) is 17.2 Å². The number of aromatic nitrogens is 1. The molecule has 0 bridgehead atoms. The van der Waals surface area contributed by atoms with Crippen LogP contribution in [-0.2, 0) is 21.5 Å². The number of fused-ring (bicyclic) bond motifs is 2. The van der Waals surface area contributed by atoms with E-state index < -0.39 is 12.1 Å². The van der Waals surface area contributed by atoms with Crippen molar-refractivity contribution in [3.63, 3.8) is 0 Å². The molecule has 2 aromatic rings.